The highest BCUT2D eigenvalue weighted by atomic mass is 16.1. The van der Waals surface area contributed by atoms with Gasteiger partial charge in [-0.15, -0.1) is 0 Å². The molecule has 28 heavy (non-hydrogen) atoms. The van der Waals surface area contributed by atoms with Gasteiger partial charge in [0.1, 0.15) is 5.82 Å². The minimum atomic E-state index is -0.0853. The average Bonchev–Trinajstić information content (AvgIpc) is 3.30. The molecule has 1 aliphatic rings. The average molecular weight is 375 g/mol. The van der Waals surface area contributed by atoms with E-state index in [0.29, 0.717) is 17.9 Å². The molecule has 1 aromatic carbocycles. The number of nitrogens with zero attached hydrogens (tertiary/aromatic N) is 3. The number of likely N-dealkylation sites (tertiary alicyclic amines) is 1. The van der Waals surface area contributed by atoms with Crippen LogP contribution >= 0.6 is 0 Å². The zero-order chi connectivity index (χ0) is 19.2. The first-order chi connectivity index (χ1) is 13.8. The monoisotopic (exact) mass is 375 g/mol. The number of hydrogen-bond acceptors (Lipinski definition) is 4. The summed E-state index contributed by atoms with van der Waals surface area (Å²) in [5.41, 5.74) is 2.57. The van der Waals surface area contributed by atoms with Crippen molar-refractivity contribution in [1.29, 1.82) is 0 Å². The maximum absolute atomic E-state index is 13.0. The van der Waals surface area contributed by atoms with Crippen molar-refractivity contribution in [2.24, 2.45) is 0 Å². The van der Waals surface area contributed by atoms with Gasteiger partial charge >= 0.3 is 0 Å². The Hall–Kier alpha value is -2.99. The van der Waals surface area contributed by atoms with Crippen LogP contribution in [0, 0.1) is 0 Å². The molecule has 6 heteroatoms. The molecule has 3 heterocycles. The highest BCUT2D eigenvalue weighted by molar-refractivity contribution is 6.00. The van der Waals surface area contributed by atoms with Crippen molar-refractivity contribution in [3.63, 3.8) is 0 Å². The van der Waals surface area contributed by atoms with Crippen LogP contribution in [-0.4, -0.2) is 45.4 Å². The Bertz CT molecular complexity index is 888. The number of benzene rings is 1. The van der Waals surface area contributed by atoms with E-state index in [0.717, 1.165) is 24.2 Å². The Morgan fingerprint density at radius 2 is 1.96 bits per heavy atom. The maximum Gasteiger partial charge on any atom is 0.252 e. The third kappa shape index (κ3) is 4.12. The summed E-state index contributed by atoms with van der Waals surface area (Å²) in [6.07, 6.45) is 10.8. The fraction of sp³-hybridized carbons (Fsp3) is 0.318. The standard InChI is InChI=1S/C22H25N5O/c28-22(19-9-3-2-8-18(19)21-24-11-12-25-21)26-16-20(17-7-6-10-23-15-17)27-13-4-1-5-14-27/h2-3,6-12,15,20H,1,4-5,13-14,16H2,(H,24,25)(H,26,28)/t20-/m1/s1. The largest absolute Gasteiger partial charge is 0.350 e. The number of imidazole rings is 1. The summed E-state index contributed by atoms with van der Waals surface area (Å²) in [6.45, 7) is 2.66. The van der Waals surface area contributed by atoms with Gasteiger partial charge in [0.15, 0.2) is 0 Å². The van der Waals surface area contributed by atoms with Crippen molar-refractivity contribution in [2.75, 3.05) is 19.6 Å². The van der Waals surface area contributed by atoms with E-state index in [1.807, 2.05) is 36.5 Å². The van der Waals surface area contributed by atoms with E-state index in [9.17, 15) is 4.79 Å². The lowest BCUT2D eigenvalue weighted by Gasteiger charge is -2.34. The molecule has 3 aromatic rings. The van der Waals surface area contributed by atoms with Gasteiger partial charge < -0.3 is 10.3 Å². The zero-order valence-corrected chi connectivity index (χ0v) is 15.8. The van der Waals surface area contributed by atoms with Crippen molar-refractivity contribution in [3.8, 4) is 11.4 Å². The zero-order valence-electron chi connectivity index (χ0n) is 15.8. The molecule has 6 nitrogen and oxygen atoms in total. The highest BCUT2D eigenvalue weighted by Crippen LogP contribution is 2.24. The summed E-state index contributed by atoms with van der Waals surface area (Å²) in [5.74, 6) is 0.614. The number of piperidine rings is 1. The smallest absolute Gasteiger partial charge is 0.252 e. The lowest BCUT2D eigenvalue weighted by Crippen LogP contribution is -2.40. The quantitative estimate of drug-likeness (QED) is 0.692. The molecule has 2 N–H and O–H groups in total. The number of aromatic nitrogens is 3. The van der Waals surface area contributed by atoms with Gasteiger partial charge in [0.05, 0.1) is 11.6 Å². The predicted octanol–water partition coefficient (Wildman–Crippen LogP) is 3.43. The van der Waals surface area contributed by atoms with E-state index in [1.165, 1.54) is 19.3 Å². The first kappa shape index (κ1) is 18.4. The summed E-state index contributed by atoms with van der Waals surface area (Å²) in [4.78, 5) is 27.1. The molecule has 4 rings (SSSR count). The van der Waals surface area contributed by atoms with Crippen LogP contribution in [-0.2, 0) is 0 Å². The number of aromatic amines is 1. The number of nitrogens with one attached hydrogen (secondary N) is 2. The van der Waals surface area contributed by atoms with Gasteiger partial charge in [-0.25, -0.2) is 4.98 Å². The SMILES string of the molecule is O=C(NC[C@H](c1cccnc1)N1CCCCC1)c1ccccc1-c1ncc[nH]1. The second-order valence-corrected chi connectivity index (χ2v) is 7.09. The molecule has 0 radical (unpaired) electrons. The van der Waals surface area contributed by atoms with Crippen LogP contribution < -0.4 is 5.32 Å². The number of carbonyl (C=O) groups is 1. The molecule has 1 saturated heterocycles. The van der Waals surface area contributed by atoms with Crippen molar-refractivity contribution < 1.29 is 4.79 Å². The fourth-order valence-corrected chi connectivity index (χ4v) is 3.85. The van der Waals surface area contributed by atoms with Crippen LogP contribution in [0.4, 0.5) is 0 Å². The molecule has 144 valence electrons. The van der Waals surface area contributed by atoms with E-state index >= 15 is 0 Å². The summed E-state index contributed by atoms with van der Waals surface area (Å²) in [6, 6.07) is 11.7. The lowest BCUT2D eigenvalue weighted by atomic mass is 10.0. The van der Waals surface area contributed by atoms with Crippen LogP contribution in [0.3, 0.4) is 0 Å². The second-order valence-electron chi connectivity index (χ2n) is 7.09. The first-order valence-electron chi connectivity index (χ1n) is 9.84. The molecule has 1 atom stereocenters. The minimum Gasteiger partial charge on any atom is -0.350 e. The number of carbonyl (C=O) groups excluding carboxylic acids is 1. The normalized spacial score (nSPS) is 15.9. The molecule has 0 bridgehead atoms. The summed E-state index contributed by atoms with van der Waals surface area (Å²) >= 11 is 0. The fourth-order valence-electron chi connectivity index (χ4n) is 3.85. The maximum atomic E-state index is 13.0. The van der Waals surface area contributed by atoms with Crippen LogP contribution in [0.25, 0.3) is 11.4 Å². The molecular formula is C22H25N5O. The number of amides is 1. The van der Waals surface area contributed by atoms with E-state index in [1.54, 1.807) is 18.6 Å². The number of hydrogen-bond donors (Lipinski definition) is 2. The van der Waals surface area contributed by atoms with Gasteiger partial charge in [0.2, 0.25) is 0 Å². The van der Waals surface area contributed by atoms with Crippen LogP contribution in [0.2, 0.25) is 0 Å². The van der Waals surface area contributed by atoms with Crippen molar-refractivity contribution in [1.82, 2.24) is 25.2 Å². The molecule has 1 amide bonds. The van der Waals surface area contributed by atoms with Gasteiger partial charge in [-0.2, -0.15) is 0 Å². The Kier molecular flexibility index (Phi) is 5.77. The van der Waals surface area contributed by atoms with Gasteiger partial charge in [0.25, 0.3) is 5.91 Å². The molecule has 0 spiro atoms. The molecular weight excluding hydrogens is 350 g/mol. The number of H-pyrrole nitrogens is 1. The summed E-state index contributed by atoms with van der Waals surface area (Å²) in [7, 11) is 0. The van der Waals surface area contributed by atoms with Crippen molar-refractivity contribution in [3.05, 3.63) is 72.3 Å². The first-order valence-corrected chi connectivity index (χ1v) is 9.84. The van der Waals surface area contributed by atoms with Gasteiger partial charge in [-0.1, -0.05) is 30.7 Å². The molecule has 2 aromatic heterocycles. The Labute approximate surface area is 165 Å². The summed E-state index contributed by atoms with van der Waals surface area (Å²) in [5, 5.41) is 3.15. The van der Waals surface area contributed by atoms with Crippen LogP contribution in [0.1, 0.15) is 41.2 Å². The van der Waals surface area contributed by atoms with E-state index in [2.05, 4.69) is 31.2 Å². The molecule has 0 saturated carbocycles. The minimum absolute atomic E-state index is 0.0853. The van der Waals surface area contributed by atoms with Crippen molar-refractivity contribution in [2.45, 2.75) is 25.3 Å². The lowest BCUT2D eigenvalue weighted by molar-refractivity contribution is 0.0925. The molecule has 0 unspecified atom stereocenters. The molecule has 0 aliphatic carbocycles. The van der Waals surface area contributed by atoms with Gasteiger partial charge in [-0.05, 0) is 43.6 Å². The van der Waals surface area contributed by atoms with Gasteiger partial charge in [0, 0.05) is 36.9 Å². The number of rotatable bonds is 6. The predicted molar refractivity (Wildman–Crippen MR) is 109 cm³/mol. The third-order valence-electron chi connectivity index (χ3n) is 5.28. The van der Waals surface area contributed by atoms with Crippen molar-refractivity contribution >= 4 is 5.91 Å². The van der Waals surface area contributed by atoms with E-state index in [-0.39, 0.29) is 11.9 Å². The van der Waals surface area contributed by atoms with Gasteiger partial charge in [-0.3, -0.25) is 14.7 Å². The number of pyridine rings is 1. The molecule has 1 fully saturated rings. The Balaban J connectivity index is 1.52. The van der Waals surface area contributed by atoms with Crippen LogP contribution in [0.15, 0.2) is 61.2 Å². The Morgan fingerprint density at radius 1 is 1.11 bits per heavy atom. The van der Waals surface area contributed by atoms with E-state index < -0.39 is 0 Å². The van der Waals surface area contributed by atoms with Crippen LogP contribution in [0.5, 0.6) is 0 Å². The second kappa shape index (κ2) is 8.80. The highest BCUT2D eigenvalue weighted by Gasteiger charge is 2.24. The topological polar surface area (TPSA) is 73.9 Å². The van der Waals surface area contributed by atoms with E-state index in [4.69, 9.17) is 0 Å². The summed E-state index contributed by atoms with van der Waals surface area (Å²) < 4.78 is 0. The third-order valence-corrected chi connectivity index (χ3v) is 5.28. The Morgan fingerprint density at radius 3 is 2.71 bits per heavy atom. The molecule has 1 aliphatic heterocycles.